The molecule has 176 valence electrons. The summed E-state index contributed by atoms with van der Waals surface area (Å²) in [7, 11) is 0. The van der Waals surface area contributed by atoms with Crippen LogP contribution in [0.15, 0.2) is 23.3 Å². The number of hydrogen-bond donors (Lipinski definition) is 2. The first-order chi connectivity index (χ1) is 14.7. The summed E-state index contributed by atoms with van der Waals surface area (Å²) >= 11 is 0. The number of Topliss-reactive ketones (excluding diaryl/α,β-unsaturated/α-hetero) is 2. The molecule has 6 unspecified atom stereocenters. The number of carboxylic acids is 1. The van der Waals surface area contributed by atoms with Gasteiger partial charge in [0.05, 0.1) is 6.10 Å². The molecule has 0 aliphatic heterocycles. The van der Waals surface area contributed by atoms with Gasteiger partial charge in [0.1, 0.15) is 5.78 Å². The normalized spacial score (nSPS) is 42.9. The number of fused-ring (bicyclic) bond motifs is 4. The van der Waals surface area contributed by atoms with Crippen LogP contribution in [0.5, 0.6) is 0 Å². The molecule has 5 heteroatoms. The predicted octanol–water partition coefficient (Wildman–Crippen LogP) is 4.88. The van der Waals surface area contributed by atoms with Gasteiger partial charge in [-0.15, -0.1) is 0 Å². The largest absolute Gasteiger partial charge is 0.481 e. The van der Waals surface area contributed by atoms with Crippen molar-refractivity contribution in [3.8, 4) is 0 Å². The number of aliphatic hydroxyl groups excluding tert-OH is 1. The molecule has 0 saturated heterocycles. The van der Waals surface area contributed by atoms with Gasteiger partial charge in [-0.05, 0) is 49.4 Å². The second-order valence-corrected chi connectivity index (χ2v) is 12.1. The molecule has 4 rings (SSSR count). The third kappa shape index (κ3) is 2.82. The number of carbonyl (C=O) groups is 3. The van der Waals surface area contributed by atoms with Crippen LogP contribution in [0, 0.1) is 33.5 Å². The zero-order valence-electron chi connectivity index (χ0n) is 20.2. The maximum atomic E-state index is 13.9. The highest BCUT2D eigenvalue weighted by Crippen LogP contribution is 2.71. The molecular weight excluding hydrogens is 404 g/mol. The molecule has 0 radical (unpaired) electrons. The Bertz CT molecular complexity index is 942. The van der Waals surface area contributed by atoms with Crippen LogP contribution in [0.1, 0.15) is 86.0 Å². The summed E-state index contributed by atoms with van der Waals surface area (Å²) in [4.78, 5) is 37.7. The van der Waals surface area contributed by atoms with E-state index in [1.165, 1.54) is 0 Å². The number of rotatable bonds is 4. The Balaban J connectivity index is 1.81. The number of allylic oxidation sites excluding steroid dienone is 2. The molecule has 4 aliphatic carbocycles. The molecule has 2 fully saturated rings. The Morgan fingerprint density at radius 1 is 1.09 bits per heavy atom. The van der Waals surface area contributed by atoms with Gasteiger partial charge in [0.2, 0.25) is 0 Å². The summed E-state index contributed by atoms with van der Waals surface area (Å²) in [5.74, 6) is -0.369. The number of ketones is 2. The summed E-state index contributed by atoms with van der Waals surface area (Å²) in [6.45, 7) is 14.7. The van der Waals surface area contributed by atoms with Gasteiger partial charge < -0.3 is 10.2 Å². The summed E-state index contributed by atoms with van der Waals surface area (Å²) in [6, 6.07) is 0. The molecule has 32 heavy (non-hydrogen) atoms. The molecule has 0 spiro atoms. The van der Waals surface area contributed by atoms with Gasteiger partial charge in [-0.1, -0.05) is 52.3 Å². The van der Waals surface area contributed by atoms with Crippen LogP contribution < -0.4 is 0 Å². The zero-order chi connectivity index (χ0) is 23.9. The average Bonchev–Trinajstić information content (AvgIpc) is 2.90. The van der Waals surface area contributed by atoms with E-state index < -0.39 is 28.3 Å². The van der Waals surface area contributed by atoms with Gasteiger partial charge in [0, 0.05) is 41.1 Å². The van der Waals surface area contributed by atoms with Crippen molar-refractivity contribution >= 4 is 17.5 Å². The van der Waals surface area contributed by atoms with Crippen molar-refractivity contribution in [1.29, 1.82) is 0 Å². The summed E-state index contributed by atoms with van der Waals surface area (Å²) in [6.07, 6.45) is 3.41. The lowest BCUT2D eigenvalue weighted by Gasteiger charge is -2.60. The summed E-state index contributed by atoms with van der Waals surface area (Å²) in [5, 5.41) is 20.6. The molecule has 4 aliphatic rings. The smallest absolute Gasteiger partial charge is 0.303 e. The SMILES string of the molecule is C=C(CCC(=O)O)C1CC(O)C2(C)C3=C(C(=O)CC12C)C1(C)CCC(=O)C(C)(C)C1CC3. The van der Waals surface area contributed by atoms with E-state index in [4.69, 9.17) is 5.11 Å². The molecule has 0 amide bonds. The van der Waals surface area contributed by atoms with Crippen molar-refractivity contribution < 1.29 is 24.6 Å². The van der Waals surface area contributed by atoms with E-state index in [0.29, 0.717) is 37.9 Å². The number of hydrogen-bond acceptors (Lipinski definition) is 4. The van der Waals surface area contributed by atoms with E-state index >= 15 is 0 Å². The van der Waals surface area contributed by atoms with E-state index in [9.17, 15) is 19.5 Å². The first-order valence-corrected chi connectivity index (χ1v) is 12.1. The molecular formula is C27H38O5. The molecule has 6 atom stereocenters. The maximum absolute atomic E-state index is 13.9. The van der Waals surface area contributed by atoms with Crippen LogP contribution in [-0.4, -0.2) is 33.9 Å². The number of carboxylic acid groups (broad SMARTS) is 1. The van der Waals surface area contributed by atoms with Gasteiger partial charge >= 0.3 is 5.97 Å². The van der Waals surface area contributed by atoms with Crippen LogP contribution in [0.4, 0.5) is 0 Å². The highest BCUT2D eigenvalue weighted by atomic mass is 16.4. The van der Waals surface area contributed by atoms with Gasteiger partial charge in [0.25, 0.3) is 0 Å². The monoisotopic (exact) mass is 442 g/mol. The lowest BCUT2D eigenvalue weighted by atomic mass is 9.43. The van der Waals surface area contributed by atoms with Gasteiger partial charge in [-0.3, -0.25) is 14.4 Å². The Morgan fingerprint density at radius 3 is 2.38 bits per heavy atom. The Hall–Kier alpha value is -1.75. The van der Waals surface area contributed by atoms with E-state index in [-0.39, 0.29) is 29.5 Å². The van der Waals surface area contributed by atoms with Crippen molar-refractivity contribution in [2.75, 3.05) is 0 Å². The Morgan fingerprint density at radius 2 is 1.75 bits per heavy atom. The lowest BCUT2D eigenvalue weighted by molar-refractivity contribution is -0.142. The molecule has 0 heterocycles. The molecule has 0 bridgehead atoms. The van der Waals surface area contributed by atoms with Gasteiger partial charge in [0.15, 0.2) is 5.78 Å². The molecule has 5 nitrogen and oxygen atoms in total. The van der Waals surface area contributed by atoms with Crippen molar-refractivity contribution in [3.63, 3.8) is 0 Å². The second-order valence-electron chi connectivity index (χ2n) is 12.1. The van der Waals surface area contributed by atoms with Crippen LogP contribution in [-0.2, 0) is 14.4 Å². The number of carbonyl (C=O) groups excluding carboxylic acids is 2. The van der Waals surface area contributed by atoms with E-state index in [1.807, 2.05) is 13.8 Å². The average molecular weight is 443 g/mol. The van der Waals surface area contributed by atoms with Gasteiger partial charge in [-0.25, -0.2) is 0 Å². The minimum Gasteiger partial charge on any atom is -0.481 e. The quantitative estimate of drug-likeness (QED) is 0.606. The summed E-state index contributed by atoms with van der Waals surface area (Å²) < 4.78 is 0. The summed E-state index contributed by atoms with van der Waals surface area (Å²) in [5.41, 5.74) is 0.999. The highest BCUT2D eigenvalue weighted by Gasteiger charge is 2.68. The van der Waals surface area contributed by atoms with E-state index in [2.05, 4.69) is 27.4 Å². The van der Waals surface area contributed by atoms with Crippen molar-refractivity contribution in [1.82, 2.24) is 0 Å². The van der Waals surface area contributed by atoms with Crippen LogP contribution in [0.25, 0.3) is 0 Å². The van der Waals surface area contributed by atoms with Crippen molar-refractivity contribution in [2.24, 2.45) is 33.5 Å². The minimum absolute atomic E-state index is 0.0168. The third-order valence-electron chi connectivity index (χ3n) is 10.5. The zero-order valence-corrected chi connectivity index (χ0v) is 20.2. The first-order valence-electron chi connectivity index (χ1n) is 12.1. The standard InChI is InChI=1S/C27H38O5/c1-15(7-10-22(31)32)17-13-21(30)27(6)16-8-9-19-24(2,3)20(29)11-12-25(19,4)23(16)18(28)14-26(17,27)5/h17,19,21,30H,1,7-14H2,2-6H3,(H,31,32). The van der Waals surface area contributed by atoms with E-state index in [1.54, 1.807) is 0 Å². The van der Waals surface area contributed by atoms with Crippen LogP contribution in [0.2, 0.25) is 0 Å². The number of aliphatic carboxylic acids is 1. The third-order valence-corrected chi connectivity index (χ3v) is 10.5. The number of aliphatic hydroxyl groups is 1. The topological polar surface area (TPSA) is 91.7 Å². The predicted molar refractivity (Wildman–Crippen MR) is 122 cm³/mol. The fourth-order valence-electron chi connectivity index (χ4n) is 8.40. The lowest BCUT2D eigenvalue weighted by Crippen LogP contribution is -2.57. The van der Waals surface area contributed by atoms with Crippen molar-refractivity contribution in [2.45, 2.75) is 92.1 Å². The minimum atomic E-state index is -0.858. The van der Waals surface area contributed by atoms with E-state index in [0.717, 1.165) is 29.6 Å². The fraction of sp³-hybridized carbons (Fsp3) is 0.741. The van der Waals surface area contributed by atoms with Crippen LogP contribution in [0.3, 0.4) is 0 Å². The van der Waals surface area contributed by atoms with Gasteiger partial charge in [-0.2, -0.15) is 0 Å². The molecule has 0 aromatic carbocycles. The van der Waals surface area contributed by atoms with Crippen LogP contribution >= 0.6 is 0 Å². The Labute approximate surface area is 191 Å². The molecule has 2 N–H and O–H groups in total. The highest BCUT2D eigenvalue weighted by molar-refractivity contribution is 6.00. The first kappa shape index (κ1) is 23.4. The maximum Gasteiger partial charge on any atom is 0.303 e. The molecule has 2 saturated carbocycles. The molecule has 0 aromatic rings. The fourth-order valence-corrected chi connectivity index (χ4v) is 8.40. The molecule has 0 aromatic heterocycles. The Kier molecular flexibility index (Phi) is 5.21. The van der Waals surface area contributed by atoms with Crippen molar-refractivity contribution in [3.05, 3.63) is 23.3 Å². The second kappa shape index (κ2) is 7.12.